The van der Waals surface area contributed by atoms with Gasteiger partial charge < -0.3 is 5.11 Å². The molecule has 1 N–H and O–H groups in total. The molecule has 1 aromatic carbocycles. The molecule has 3 rings (SSSR count). The molecule has 0 radical (unpaired) electrons. The second kappa shape index (κ2) is 7.74. The zero-order chi connectivity index (χ0) is 16.2. The van der Waals surface area contributed by atoms with E-state index in [0.29, 0.717) is 12.5 Å². The maximum atomic E-state index is 13.4. The van der Waals surface area contributed by atoms with Crippen molar-refractivity contribution < 1.29 is 13.9 Å². The van der Waals surface area contributed by atoms with E-state index >= 15 is 0 Å². The molecule has 0 unspecified atom stereocenters. The van der Waals surface area contributed by atoms with Gasteiger partial charge in [0.05, 0.1) is 0 Å². The van der Waals surface area contributed by atoms with Crippen molar-refractivity contribution in [3.8, 4) is 0 Å². The SMILES string of the molecule is OCCC1CCC(C2CCC(c3ccc(F)c(F)c3)CC2)CC1. The fraction of sp³-hybridized carbons (Fsp3) is 0.700. The molecule has 0 aromatic heterocycles. The zero-order valence-corrected chi connectivity index (χ0v) is 13.8. The van der Waals surface area contributed by atoms with Crippen LogP contribution in [-0.2, 0) is 0 Å². The predicted octanol–water partition coefficient (Wildman–Crippen LogP) is 5.43. The van der Waals surface area contributed by atoms with Crippen molar-refractivity contribution >= 4 is 0 Å². The van der Waals surface area contributed by atoms with Gasteiger partial charge in [-0.25, -0.2) is 8.78 Å². The molecule has 2 fully saturated rings. The molecule has 0 aliphatic heterocycles. The maximum absolute atomic E-state index is 13.4. The van der Waals surface area contributed by atoms with E-state index in [4.69, 9.17) is 5.11 Å². The standard InChI is InChI=1S/C20H28F2O/c21-19-10-9-18(13-20(19)22)17-7-5-16(6-8-17)15-3-1-14(2-4-15)11-12-23/h9-10,13-17,23H,1-8,11-12H2. The third kappa shape index (κ3) is 4.12. The molecule has 0 atom stereocenters. The van der Waals surface area contributed by atoms with Gasteiger partial charge in [-0.1, -0.05) is 18.9 Å². The van der Waals surface area contributed by atoms with E-state index in [0.717, 1.165) is 42.6 Å². The Labute approximate surface area is 138 Å². The second-order valence-electron chi connectivity index (χ2n) is 7.58. The molecule has 2 aliphatic carbocycles. The molecule has 0 bridgehead atoms. The molecule has 128 valence electrons. The Morgan fingerprint density at radius 2 is 1.43 bits per heavy atom. The van der Waals surface area contributed by atoms with Gasteiger partial charge in [0.1, 0.15) is 0 Å². The summed E-state index contributed by atoms with van der Waals surface area (Å²) in [6.45, 7) is 0.328. The summed E-state index contributed by atoms with van der Waals surface area (Å²) in [4.78, 5) is 0. The van der Waals surface area contributed by atoms with Crippen molar-refractivity contribution in [3.05, 3.63) is 35.4 Å². The van der Waals surface area contributed by atoms with Crippen LogP contribution in [0.1, 0.15) is 69.3 Å². The first kappa shape index (κ1) is 16.9. The van der Waals surface area contributed by atoms with Crippen LogP contribution in [-0.4, -0.2) is 11.7 Å². The average molecular weight is 322 g/mol. The molecule has 2 aliphatic rings. The van der Waals surface area contributed by atoms with Crippen LogP contribution in [0.15, 0.2) is 18.2 Å². The molecule has 0 amide bonds. The first-order valence-electron chi connectivity index (χ1n) is 9.23. The molecule has 23 heavy (non-hydrogen) atoms. The van der Waals surface area contributed by atoms with E-state index in [1.165, 1.54) is 50.7 Å². The maximum Gasteiger partial charge on any atom is 0.159 e. The number of benzene rings is 1. The van der Waals surface area contributed by atoms with Crippen LogP contribution >= 0.6 is 0 Å². The minimum absolute atomic E-state index is 0.328. The lowest BCUT2D eigenvalue weighted by atomic mass is 9.68. The van der Waals surface area contributed by atoms with E-state index in [1.54, 1.807) is 6.07 Å². The van der Waals surface area contributed by atoms with E-state index in [2.05, 4.69) is 0 Å². The minimum atomic E-state index is -0.748. The monoisotopic (exact) mass is 322 g/mol. The lowest BCUT2D eigenvalue weighted by Gasteiger charge is -2.38. The van der Waals surface area contributed by atoms with Gasteiger partial charge in [-0.3, -0.25) is 0 Å². The molecule has 1 aromatic rings. The van der Waals surface area contributed by atoms with Gasteiger partial charge in [-0.15, -0.1) is 0 Å². The van der Waals surface area contributed by atoms with Crippen molar-refractivity contribution in [3.63, 3.8) is 0 Å². The Kier molecular flexibility index (Phi) is 5.68. The minimum Gasteiger partial charge on any atom is -0.396 e. The van der Waals surface area contributed by atoms with Crippen LogP contribution in [0, 0.1) is 29.4 Å². The van der Waals surface area contributed by atoms with Crippen molar-refractivity contribution in [2.45, 2.75) is 63.7 Å². The molecule has 1 nitrogen and oxygen atoms in total. The summed E-state index contributed by atoms with van der Waals surface area (Å²) in [7, 11) is 0. The van der Waals surface area contributed by atoms with E-state index < -0.39 is 11.6 Å². The van der Waals surface area contributed by atoms with Crippen LogP contribution in [0.4, 0.5) is 8.78 Å². The highest BCUT2D eigenvalue weighted by Gasteiger charge is 2.31. The third-order valence-corrected chi connectivity index (χ3v) is 6.28. The van der Waals surface area contributed by atoms with Gasteiger partial charge in [0.2, 0.25) is 0 Å². The van der Waals surface area contributed by atoms with Gasteiger partial charge in [0.25, 0.3) is 0 Å². The number of hydrogen-bond donors (Lipinski definition) is 1. The first-order chi connectivity index (χ1) is 11.2. The quantitative estimate of drug-likeness (QED) is 0.784. The number of hydrogen-bond acceptors (Lipinski definition) is 1. The van der Waals surface area contributed by atoms with Gasteiger partial charge in [0, 0.05) is 6.61 Å². The fourth-order valence-corrected chi connectivity index (χ4v) is 4.82. The lowest BCUT2D eigenvalue weighted by Crippen LogP contribution is -2.25. The van der Waals surface area contributed by atoms with E-state index in [1.807, 2.05) is 0 Å². The van der Waals surface area contributed by atoms with Crippen LogP contribution in [0.3, 0.4) is 0 Å². The summed E-state index contributed by atoms with van der Waals surface area (Å²) in [6.07, 6.45) is 10.8. The molecular formula is C20H28F2O. The van der Waals surface area contributed by atoms with Gasteiger partial charge in [0.15, 0.2) is 11.6 Å². The van der Waals surface area contributed by atoms with Crippen molar-refractivity contribution in [2.24, 2.45) is 17.8 Å². The lowest BCUT2D eigenvalue weighted by molar-refractivity contribution is 0.144. The summed E-state index contributed by atoms with van der Waals surface area (Å²) in [5.74, 6) is 1.32. The van der Waals surface area contributed by atoms with E-state index in [9.17, 15) is 8.78 Å². The summed E-state index contributed by atoms with van der Waals surface area (Å²) in [6, 6.07) is 4.41. The summed E-state index contributed by atoms with van der Waals surface area (Å²) in [5, 5.41) is 9.06. The van der Waals surface area contributed by atoms with E-state index in [-0.39, 0.29) is 0 Å². The Morgan fingerprint density at radius 3 is 2.00 bits per heavy atom. The summed E-state index contributed by atoms with van der Waals surface area (Å²) in [5.41, 5.74) is 0.967. The van der Waals surface area contributed by atoms with Crippen molar-refractivity contribution in [1.82, 2.24) is 0 Å². The highest BCUT2D eigenvalue weighted by molar-refractivity contribution is 5.22. The summed E-state index contributed by atoms with van der Waals surface area (Å²) < 4.78 is 26.5. The largest absolute Gasteiger partial charge is 0.396 e. The summed E-state index contributed by atoms with van der Waals surface area (Å²) >= 11 is 0. The number of aliphatic hydroxyl groups is 1. The zero-order valence-electron chi connectivity index (χ0n) is 13.8. The normalized spacial score (nSPS) is 32.0. The Morgan fingerprint density at radius 1 is 0.826 bits per heavy atom. The van der Waals surface area contributed by atoms with Crippen LogP contribution in [0.25, 0.3) is 0 Å². The van der Waals surface area contributed by atoms with Crippen LogP contribution < -0.4 is 0 Å². The average Bonchev–Trinajstić information content (AvgIpc) is 2.59. The van der Waals surface area contributed by atoms with Crippen LogP contribution in [0.5, 0.6) is 0 Å². The van der Waals surface area contributed by atoms with Crippen molar-refractivity contribution in [1.29, 1.82) is 0 Å². The first-order valence-corrected chi connectivity index (χ1v) is 9.23. The molecule has 2 saturated carbocycles. The number of halogens is 2. The highest BCUT2D eigenvalue weighted by atomic mass is 19.2. The molecule has 0 spiro atoms. The van der Waals surface area contributed by atoms with Gasteiger partial charge in [-0.2, -0.15) is 0 Å². The predicted molar refractivity (Wildman–Crippen MR) is 88.2 cm³/mol. The molecular weight excluding hydrogens is 294 g/mol. The smallest absolute Gasteiger partial charge is 0.159 e. The number of rotatable bonds is 4. The number of aliphatic hydroxyl groups excluding tert-OH is 1. The Balaban J connectivity index is 1.50. The third-order valence-electron chi connectivity index (χ3n) is 6.28. The van der Waals surface area contributed by atoms with Crippen molar-refractivity contribution in [2.75, 3.05) is 6.61 Å². The second-order valence-corrected chi connectivity index (χ2v) is 7.58. The molecule has 3 heteroatoms. The van der Waals surface area contributed by atoms with Gasteiger partial charge in [-0.05, 0) is 86.3 Å². The topological polar surface area (TPSA) is 20.2 Å². The highest BCUT2D eigenvalue weighted by Crippen LogP contribution is 2.44. The fourth-order valence-electron chi connectivity index (χ4n) is 4.82. The van der Waals surface area contributed by atoms with Crippen LogP contribution in [0.2, 0.25) is 0 Å². The Bertz CT molecular complexity index is 500. The van der Waals surface area contributed by atoms with Gasteiger partial charge >= 0.3 is 0 Å². The molecule has 0 saturated heterocycles. The Hall–Kier alpha value is -0.960. The molecule has 0 heterocycles.